The number of methoxy groups -OCH3 is 1. The molecule has 3 aromatic heterocycles. The standard InChI is InChI=1S/C42H51N7O8S2/c1-24(2)31-23-58-37(45-31)30-20-34(28-13-14-33(55-5)25(3)35(28)44-30)57-27-19-32-36(50)47-42(39(52)48-59(53,54)41(4)15-16-41)21-26(42)11-9-7-6-8-10-12-29(38(51)49(32)22-27)46-40-43-17-18-56-40/h9,11,13-14,17-18,20,23-24,26-27,29,32H,6-8,10,12,15-16,19,21-22H2,1-5H3,(H,43,46)(H,47,50)(H,48,52)/b11-9-/t26-,27+,29-,32-,42+/m0/s1. The zero-order valence-electron chi connectivity index (χ0n) is 33.9. The van der Waals surface area contributed by atoms with Gasteiger partial charge < -0.3 is 29.4 Å². The highest BCUT2D eigenvalue weighted by molar-refractivity contribution is 7.91. The van der Waals surface area contributed by atoms with E-state index >= 15 is 0 Å². The molecular formula is C42H51N7O8S2. The second kappa shape index (κ2) is 15.9. The fraction of sp³-hybridized carbons (Fsp3) is 0.524. The van der Waals surface area contributed by atoms with Crippen molar-refractivity contribution >= 4 is 56.0 Å². The first-order valence-corrected chi connectivity index (χ1v) is 22.7. The zero-order chi connectivity index (χ0) is 41.7. The minimum Gasteiger partial charge on any atom is -0.496 e. The summed E-state index contributed by atoms with van der Waals surface area (Å²) in [5.74, 6) is -0.698. The molecule has 0 bridgehead atoms. The molecule has 8 rings (SSSR count). The quantitative estimate of drug-likeness (QED) is 0.158. The Bertz CT molecular complexity index is 2390. The molecule has 2 saturated carbocycles. The number of anilines is 1. The van der Waals surface area contributed by atoms with Crippen LogP contribution in [0.5, 0.6) is 11.5 Å². The summed E-state index contributed by atoms with van der Waals surface area (Å²) in [5, 5.41) is 9.59. The summed E-state index contributed by atoms with van der Waals surface area (Å²) in [5.41, 5.74) is 1.57. The van der Waals surface area contributed by atoms with E-state index in [0.717, 1.165) is 47.3 Å². The molecule has 0 radical (unpaired) electrons. The Labute approximate surface area is 347 Å². The number of aromatic nitrogens is 3. The van der Waals surface area contributed by atoms with E-state index in [-0.39, 0.29) is 37.2 Å². The molecule has 15 nitrogen and oxygen atoms in total. The molecule has 0 unspecified atom stereocenters. The molecule has 4 aliphatic rings. The molecule has 1 saturated heterocycles. The first-order chi connectivity index (χ1) is 28.2. The average Bonchev–Trinajstić information content (AvgIpc) is 3.79. The first-order valence-electron chi connectivity index (χ1n) is 20.3. The van der Waals surface area contributed by atoms with Crippen molar-refractivity contribution in [2.75, 3.05) is 19.0 Å². The van der Waals surface area contributed by atoms with Gasteiger partial charge in [-0.1, -0.05) is 38.8 Å². The van der Waals surface area contributed by atoms with Crippen LogP contribution in [-0.2, 0) is 24.4 Å². The van der Waals surface area contributed by atoms with Crippen LogP contribution >= 0.6 is 11.3 Å². The summed E-state index contributed by atoms with van der Waals surface area (Å²) in [6.07, 6.45) is 11.0. The van der Waals surface area contributed by atoms with Crippen LogP contribution in [0.25, 0.3) is 21.6 Å². The van der Waals surface area contributed by atoms with Gasteiger partial charge in [-0.15, -0.1) is 11.3 Å². The zero-order valence-corrected chi connectivity index (χ0v) is 35.6. The number of aryl methyl sites for hydroxylation is 1. The summed E-state index contributed by atoms with van der Waals surface area (Å²) in [7, 11) is -2.38. The van der Waals surface area contributed by atoms with Gasteiger partial charge in [-0.3, -0.25) is 19.1 Å². The highest BCUT2D eigenvalue weighted by atomic mass is 32.2. The Morgan fingerprint density at radius 1 is 1.14 bits per heavy atom. The van der Waals surface area contributed by atoms with Crippen LogP contribution in [0.2, 0.25) is 0 Å². The number of fused-ring (bicyclic) bond motifs is 3. The number of ether oxygens (including phenoxy) is 2. The Morgan fingerprint density at radius 3 is 2.66 bits per heavy atom. The monoisotopic (exact) mass is 845 g/mol. The van der Waals surface area contributed by atoms with E-state index in [4.69, 9.17) is 23.9 Å². The molecule has 5 atom stereocenters. The third-order valence-corrected chi connectivity index (χ3v) is 15.2. The molecule has 2 aliphatic heterocycles. The second-order valence-electron chi connectivity index (χ2n) is 16.8. The fourth-order valence-corrected chi connectivity index (χ4v) is 10.3. The van der Waals surface area contributed by atoms with Gasteiger partial charge in [0, 0.05) is 34.7 Å². The summed E-state index contributed by atoms with van der Waals surface area (Å²) in [6.45, 7) is 7.76. The van der Waals surface area contributed by atoms with E-state index in [1.54, 1.807) is 14.0 Å². The van der Waals surface area contributed by atoms with E-state index in [9.17, 15) is 22.8 Å². The van der Waals surface area contributed by atoms with Gasteiger partial charge >= 0.3 is 0 Å². The Hall–Kier alpha value is -5.03. The minimum absolute atomic E-state index is 0.0545. The molecule has 3 fully saturated rings. The van der Waals surface area contributed by atoms with Crippen LogP contribution in [0.1, 0.15) is 95.7 Å². The van der Waals surface area contributed by atoms with Crippen LogP contribution in [0.4, 0.5) is 6.01 Å². The predicted octanol–water partition coefficient (Wildman–Crippen LogP) is 6.01. The number of sulfonamides is 1. The molecule has 314 valence electrons. The van der Waals surface area contributed by atoms with Gasteiger partial charge in [-0.2, -0.15) is 0 Å². The van der Waals surface area contributed by atoms with Gasteiger partial charge in [0.05, 0.1) is 35.8 Å². The molecular weight excluding hydrogens is 795 g/mol. The summed E-state index contributed by atoms with van der Waals surface area (Å²) in [6, 6.07) is 3.95. The number of rotatable bonds is 10. The van der Waals surface area contributed by atoms with Crippen molar-refractivity contribution in [3.8, 4) is 22.2 Å². The number of amides is 3. The third-order valence-electron chi connectivity index (χ3n) is 12.2. The molecule has 17 heteroatoms. The number of hydrogen-bond donors (Lipinski definition) is 3. The number of allylic oxidation sites excluding steroid dienone is 1. The van der Waals surface area contributed by atoms with Crippen molar-refractivity contribution in [2.24, 2.45) is 5.92 Å². The topological polar surface area (TPSA) is 195 Å². The molecule has 2 aliphatic carbocycles. The summed E-state index contributed by atoms with van der Waals surface area (Å²) < 4.78 is 45.7. The van der Waals surface area contributed by atoms with Crippen LogP contribution < -0.4 is 24.8 Å². The van der Waals surface area contributed by atoms with E-state index in [1.165, 1.54) is 28.7 Å². The number of pyridine rings is 1. The maximum absolute atomic E-state index is 14.7. The molecule has 0 spiro atoms. The third kappa shape index (κ3) is 8.02. The minimum atomic E-state index is -3.98. The van der Waals surface area contributed by atoms with E-state index < -0.39 is 56.2 Å². The van der Waals surface area contributed by atoms with Crippen molar-refractivity contribution in [2.45, 2.75) is 120 Å². The van der Waals surface area contributed by atoms with E-state index in [1.807, 2.05) is 42.7 Å². The highest BCUT2D eigenvalue weighted by Gasteiger charge is 2.63. The molecule has 4 aromatic rings. The first kappa shape index (κ1) is 40.7. The SMILES string of the molecule is COc1ccc2c(O[C@@H]3C[C@H]4C(=O)N[C@]5(C(=O)NS(=O)(=O)C6(C)CC6)C[C@@H]5/C=C\CCCCC[C@H](Nc5ncco5)C(=O)N4C3)cc(-c3nc(C(C)C)cs3)nc2c1C. The van der Waals surface area contributed by atoms with Gasteiger partial charge in [0.25, 0.3) is 11.9 Å². The van der Waals surface area contributed by atoms with Gasteiger partial charge in [-0.05, 0) is 70.4 Å². The Kier molecular flexibility index (Phi) is 11.0. The number of carbonyl (C=O) groups is 3. The average molecular weight is 846 g/mol. The number of carbonyl (C=O) groups excluding carboxylic acids is 3. The number of hydrogen-bond acceptors (Lipinski definition) is 13. The molecule has 5 heterocycles. The highest BCUT2D eigenvalue weighted by Crippen LogP contribution is 2.48. The van der Waals surface area contributed by atoms with Crippen molar-refractivity contribution in [3.63, 3.8) is 0 Å². The van der Waals surface area contributed by atoms with Crippen molar-refractivity contribution in [1.82, 2.24) is 29.9 Å². The maximum atomic E-state index is 14.7. The number of oxazole rings is 1. The summed E-state index contributed by atoms with van der Waals surface area (Å²) >= 11 is 1.49. The number of benzene rings is 1. The van der Waals surface area contributed by atoms with Crippen LogP contribution in [0, 0.1) is 12.8 Å². The lowest BCUT2D eigenvalue weighted by atomic mass is 10.0. The Balaban J connectivity index is 1.15. The van der Waals surface area contributed by atoms with Crippen LogP contribution in [-0.4, -0.2) is 88.1 Å². The lowest BCUT2D eigenvalue weighted by Crippen LogP contribution is -2.58. The van der Waals surface area contributed by atoms with Gasteiger partial charge in [-0.25, -0.2) is 23.4 Å². The van der Waals surface area contributed by atoms with Gasteiger partial charge in [0.2, 0.25) is 21.8 Å². The second-order valence-corrected chi connectivity index (χ2v) is 19.8. The Morgan fingerprint density at radius 2 is 1.95 bits per heavy atom. The van der Waals surface area contributed by atoms with Crippen molar-refractivity contribution in [3.05, 3.63) is 59.4 Å². The molecule has 1 aromatic carbocycles. The largest absolute Gasteiger partial charge is 0.496 e. The molecule has 3 amide bonds. The predicted molar refractivity (Wildman–Crippen MR) is 223 cm³/mol. The normalized spacial score (nSPS) is 26.2. The van der Waals surface area contributed by atoms with Crippen LogP contribution in [0.3, 0.4) is 0 Å². The number of nitrogens with zero attached hydrogens (tertiary/aromatic N) is 4. The lowest BCUT2D eigenvalue weighted by molar-refractivity contribution is -0.140. The smallest absolute Gasteiger partial charge is 0.295 e. The number of thiazole rings is 1. The lowest BCUT2D eigenvalue weighted by Gasteiger charge is -2.29. The van der Waals surface area contributed by atoms with Crippen molar-refractivity contribution in [1.29, 1.82) is 0 Å². The maximum Gasteiger partial charge on any atom is 0.295 e. The fourth-order valence-electron chi connectivity index (χ4n) is 8.05. The van der Waals surface area contributed by atoms with E-state index in [2.05, 4.69) is 34.2 Å². The number of nitrogens with one attached hydrogen (secondary N) is 3. The van der Waals surface area contributed by atoms with Crippen LogP contribution in [0.15, 0.2) is 52.6 Å². The van der Waals surface area contributed by atoms with Crippen molar-refractivity contribution < 1.29 is 36.7 Å². The van der Waals surface area contributed by atoms with E-state index in [0.29, 0.717) is 42.0 Å². The molecule has 3 N–H and O–H groups in total. The van der Waals surface area contributed by atoms with Gasteiger partial charge in [0.1, 0.15) is 52.2 Å². The summed E-state index contributed by atoms with van der Waals surface area (Å²) in [4.78, 5) is 58.9. The van der Waals surface area contributed by atoms with Gasteiger partial charge in [0.15, 0.2) is 0 Å². The molecule has 59 heavy (non-hydrogen) atoms.